The number of rotatable bonds is 5. The summed E-state index contributed by atoms with van der Waals surface area (Å²) >= 11 is 0. The maximum absolute atomic E-state index is 8.46. The molecule has 3 nitrogen and oxygen atoms in total. The molecule has 0 radical (unpaired) electrons. The highest BCUT2D eigenvalue weighted by atomic mass is 16.5. The van der Waals surface area contributed by atoms with Crippen LogP contribution in [0, 0.1) is 11.3 Å². The van der Waals surface area contributed by atoms with E-state index in [4.69, 9.17) is 10.00 Å². The number of benzene rings is 2. The van der Waals surface area contributed by atoms with E-state index in [0.717, 1.165) is 5.69 Å². The van der Waals surface area contributed by atoms with E-state index in [1.165, 1.54) is 10.8 Å². The minimum absolute atomic E-state index is 0.107. The second-order valence-corrected chi connectivity index (χ2v) is 4.09. The lowest BCUT2D eigenvalue weighted by Gasteiger charge is -2.17. The molecular formula is C15H16N2O. The minimum Gasteiger partial charge on any atom is -0.360 e. The van der Waals surface area contributed by atoms with Gasteiger partial charge in [0.25, 0.3) is 0 Å². The first-order chi connectivity index (χ1) is 8.81. The van der Waals surface area contributed by atoms with Gasteiger partial charge in [0, 0.05) is 11.1 Å². The molecule has 1 atom stereocenters. The topological polar surface area (TPSA) is 45.0 Å². The largest absolute Gasteiger partial charge is 0.360 e. The highest BCUT2D eigenvalue weighted by Gasteiger charge is 2.04. The summed E-state index contributed by atoms with van der Waals surface area (Å²) in [6, 6.07) is 16.4. The number of anilines is 1. The van der Waals surface area contributed by atoms with Crippen molar-refractivity contribution in [1.29, 1.82) is 5.26 Å². The van der Waals surface area contributed by atoms with E-state index in [9.17, 15) is 0 Å². The lowest BCUT2D eigenvalue weighted by molar-refractivity contribution is 0.0895. The number of nitrogens with one attached hydrogen (secondary N) is 1. The van der Waals surface area contributed by atoms with Crippen LogP contribution in [0.1, 0.15) is 13.3 Å². The fourth-order valence-corrected chi connectivity index (χ4v) is 1.89. The Morgan fingerprint density at radius 3 is 2.83 bits per heavy atom. The van der Waals surface area contributed by atoms with Crippen LogP contribution in [-0.4, -0.2) is 12.8 Å². The van der Waals surface area contributed by atoms with E-state index in [1.807, 2.05) is 31.2 Å². The van der Waals surface area contributed by atoms with Gasteiger partial charge in [-0.15, -0.1) is 0 Å². The molecule has 0 saturated carbocycles. The van der Waals surface area contributed by atoms with Gasteiger partial charge in [0.15, 0.2) is 0 Å². The summed E-state index contributed by atoms with van der Waals surface area (Å²) in [5.74, 6) is 0. The highest BCUT2D eigenvalue weighted by Crippen LogP contribution is 2.23. The van der Waals surface area contributed by atoms with Crippen LogP contribution in [0.5, 0.6) is 0 Å². The average molecular weight is 240 g/mol. The Labute approximate surface area is 107 Å². The number of hydrogen-bond donors (Lipinski definition) is 1. The highest BCUT2D eigenvalue weighted by molar-refractivity contribution is 5.93. The summed E-state index contributed by atoms with van der Waals surface area (Å²) in [5, 5.41) is 14.1. The molecule has 0 aliphatic carbocycles. The lowest BCUT2D eigenvalue weighted by atomic mass is 10.1. The molecule has 92 valence electrons. The van der Waals surface area contributed by atoms with Crippen LogP contribution in [0.3, 0.4) is 0 Å². The molecule has 0 amide bonds. The van der Waals surface area contributed by atoms with Crippen LogP contribution in [0.25, 0.3) is 10.8 Å². The van der Waals surface area contributed by atoms with Crippen LogP contribution < -0.4 is 5.32 Å². The molecule has 0 aromatic heterocycles. The fourth-order valence-electron chi connectivity index (χ4n) is 1.89. The van der Waals surface area contributed by atoms with Crippen LogP contribution >= 0.6 is 0 Å². The summed E-state index contributed by atoms with van der Waals surface area (Å²) in [5.41, 5.74) is 1.05. The molecule has 0 bridgehead atoms. The van der Waals surface area contributed by atoms with E-state index >= 15 is 0 Å². The number of nitrogens with zero attached hydrogens (tertiary/aromatic N) is 1. The molecule has 2 rings (SSSR count). The molecule has 2 aromatic rings. The van der Waals surface area contributed by atoms with Gasteiger partial charge in [0.05, 0.1) is 19.1 Å². The third-order valence-electron chi connectivity index (χ3n) is 2.73. The molecule has 0 fully saturated rings. The molecular weight excluding hydrogens is 224 g/mol. The van der Waals surface area contributed by atoms with Crippen LogP contribution in [-0.2, 0) is 4.74 Å². The van der Waals surface area contributed by atoms with Crippen molar-refractivity contribution in [1.82, 2.24) is 0 Å². The first kappa shape index (κ1) is 12.4. The van der Waals surface area contributed by atoms with Crippen molar-refractivity contribution < 1.29 is 4.74 Å². The van der Waals surface area contributed by atoms with E-state index in [1.54, 1.807) is 0 Å². The Bertz CT molecular complexity index is 554. The van der Waals surface area contributed by atoms with Crippen molar-refractivity contribution in [2.45, 2.75) is 19.6 Å². The number of hydrogen-bond acceptors (Lipinski definition) is 3. The van der Waals surface area contributed by atoms with Crippen molar-refractivity contribution in [3.05, 3.63) is 42.5 Å². The monoisotopic (exact) mass is 240 g/mol. The Hall–Kier alpha value is -2.05. The van der Waals surface area contributed by atoms with Gasteiger partial charge in [-0.2, -0.15) is 5.26 Å². The van der Waals surface area contributed by atoms with Crippen molar-refractivity contribution in [3.8, 4) is 6.07 Å². The summed E-state index contributed by atoms with van der Waals surface area (Å²) in [7, 11) is 0. The van der Waals surface area contributed by atoms with Crippen molar-refractivity contribution in [3.63, 3.8) is 0 Å². The number of nitriles is 1. The lowest BCUT2D eigenvalue weighted by Crippen LogP contribution is -2.19. The van der Waals surface area contributed by atoms with Gasteiger partial charge in [-0.05, 0) is 18.4 Å². The zero-order valence-corrected chi connectivity index (χ0v) is 10.4. The maximum atomic E-state index is 8.46. The zero-order valence-electron chi connectivity index (χ0n) is 10.4. The first-order valence-corrected chi connectivity index (χ1v) is 6.04. The first-order valence-electron chi connectivity index (χ1n) is 6.04. The second-order valence-electron chi connectivity index (χ2n) is 4.09. The molecule has 2 aromatic carbocycles. The fraction of sp³-hybridized carbons (Fsp3) is 0.267. The van der Waals surface area contributed by atoms with Crippen molar-refractivity contribution >= 4 is 16.5 Å². The van der Waals surface area contributed by atoms with Gasteiger partial charge >= 0.3 is 0 Å². The van der Waals surface area contributed by atoms with Crippen molar-refractivity contribution in [2.24, 2.45) is 0 Å². The quantitative estimate of drug-likeness (QED) is 0.642. The predicted octanol–water partition coefficient (Wildman–Crippen LogP) is 3.53. The summed E-state index contributed by atoms with van der Waals surface area (Å²) in [6.45, 7) is 2.40. The molecule has 1 unspecified atom stereocenters. The Kier molecular flexibility index (Phi) is 4.16. The number of ether oxygens (including phenoxy) is 1. The third-order valence-corrected chi connectivity index (χ3v) is 2.73. The van der Waals surface area contributed by atoms with E-state index in [2.05, 4.69) is 29.6 Å². The number of fused-ring (bicyclic) bond motifs is 1. The van der Waals surface area contributed by atoms with E-state index in [0.29, 0.717) is 13.0 Å². The smallest absolute Gasteiger partial charge is 0.124 e. The molecule has 0 spiro atoms. The molecule has 0 aliphatic rings. The standard InChI is InChI=1S/C15H16N2O/c1-12(18-11-5-10-16)17-15-9-4-7-13-6-2-3-8-14(13)15/h2-4,6-9,12,17H,5,11H2,1H3. The molecule has 1 N–H and O–H groups in total. The maximum Gasteiger partial charge on any atom is 0.124 e. The Morgan fingerprint density at radius 1 is 1.22 bits per heavy atom. The van der Waals surface area contributed by atoms with Crippen LogP contribution in [0.4, 0.5) is 5.69 Å². The molecule has 18 heavy (non-hydrogen) atoms. The van der Waals surface area contributed by atoms with Gasteiger partial charge in [0.2, 0.25) is 0 Å². The summed E-state index contributed by atoms with van der Waals surface area (Å²) in [6.07, 6.45) is 0.311. The van der Waals surface area contributed by atoms with Gasteiger partial charge in [-0.25, -0.2) is 0 Å². The van der Waals surface area contributed by atoms with E-state index in [-0.39, 0.29) is 6.23 Å². The molecule has 0 aliphatic heterocycles. The van der Waals surface area contributed by atoms with Gasteiger partial charge in [-0.3, -0.25) is 0 Å². The normalized spacial score (nSPS) is 12.0. The van der Waals surface area contributed by atoms with Gasteiger partial charge in [-0.1, -0.05) is 36.4 Å². The minimum atomic E-state index is -0.107. The SMILES string of the molecule is CC(Nc1cccc2ccccc12)OCCC#N. The van der Waals surface area contributed by atoms with Crippen LogP contribution in [0.2, 0.25) is 0 Å². The molecule has 0 heterocycles. The van der Waals surface area contributed by atoms with Crippen molar-refractivity contribution in [2.75, 3.05) is 11.9 Å². The Morgan fingerprint density at radius 2 is 2.00 bits per heavy atom. The predicted molar refractivity (Wildman–Crippen MR) is 73.2 cm³/mol. The third kappa shape index (κ3) is 2.99. The van der Waals surface area contributed by atoms with E-state index < -0.39 is 0 Å². The molecule has 3 heteroatoms. The summed E-state index contributed by atoms with van der Waals surface area (Å²) in [4.78, 5) is 0. The average Bonchev–Trinajstić information content (AvgIpc) is 2.39. The Balaban J connectivity index is 2.09. The summed E-state index contributed by atoms with van der Waals surface area (Å²) < 4.78 is 5.50. The zero-order chi connectivity index (χ0) is 12.8. The second kappa shape index (κ2) is 6.04. The van der Waals surface area contributed by atoms with Gasteiger partial charge < -0.3 is 10.1 Å². The molecule has 0 saturated heterocycles. The van der Waals surface area contributed by atoms with Crippen LogP contribution in [0.15, 0.2) is 42.5 Å². The van der Waals surface area contributed by atoms with Gasteiger partial charge in [0.1, 0.15) is 6.23 Å².